The van der Waals surface area contributed by atoms with Gasteiger partial charge in [0.15, 0.2) is 11.5 Å². The maximum atomic E-state index is 11.6. The molecule has 0 amide bonds. The van der Waals surface area contributed by atoms with E-state index in [-0.39, 0.29) is 30.6 Å². The van der Waals surface area contributed by atoms with E-state index in [1.165, 1.54) is 11.5 Å². The summed E-state index contributed by atoms with van der Waals surface area (Å²) in [6.07, 6.45) is -0.347. The summed E-state index contributed by atoms with van der Waals surface area (Å²) in [7, 11) is 0. The number of fused-ring (bicyclic) bond motifs is 6. The highest BCUT2D eigenvalue weighted by molar-refractivity contribution is 6.00. The Morgan fingerprint density at radius 3 is 2.45 bits per heavy atom. The molecule has 192 valence electrons. The molecule has 0 aliphatic carbocycles. The van der Waals surface area contributed by atoms with Gasteiger partial charge < -0.3 is 24.8 Å². The molecule has 2 aliphatic heterocycles. The zero-order chi connectivity index (χ0) is 26.8. The second-order valence-corrected chi connectivity index (χ2v) is 10.1. The van der Waals surface area contributed by atoms with E-state index in [0.29, 0.717) is 51.0 Å². The molecule has 4 aromatic rings. The van der Waals surface area contributed by atoms with Crippen molar-refractivity contribution in [2.24, 2.45) is 0 Å². The molecule has 6 rings (SSSR count). The number of carbonyl (C=O) groups is 1. The molecular weight excluding hydrogens is 484 g/mol. The first-order valence-corrected chi connectivity index (χ1v) is 12.4. The lowest BCUT2D eigenvalue weighted by Gasteiger charge is -2.26. The number of hydrogen-bond donors (Lipinski definition) is 3. The Hall–Kier alpha value is -4.32. The van der Waals surface area contributed by atoms with E-state index in [9.17, 15) is 20.1 Å². The molecule has 3 heterocycles. The molecule has 0 spiro atoms. The summed E-state index contributed by atoms with van der Waals surface area (Å²) < 4.78 is 13.7. The third kappa shape index (κ3) is 3.26. The lowest BCUT2D eigenvalue weighted by atomic mass is 9.76. The van der Waals surface area contributed by atoms with Crippen molar-refractivity contribution >= 4 is 22.2 Å². The molecule has 2 bridgehead atoms. The first-order valence-electron chi connectivity index (χ1n) is 12.4. The maximum absolute atomic E-state index is 11.6. The predicted octanol–water partition coefficient (Wildman–Crippen LogP) is 5.47. The molecule has 3 N–H and O–H groups in total. The van der Waals surface area contributed by atoms with Crippen LogP contribution < -0.4 is 4.74 Å². The number of carbonyl (C=O) groups excluding carboxylic acids is 1. The van der Waals surface area contributed by atoms with Gasteiger partial charge in [-0.2, -0.15) is 0 Å². The van der Waals surface area contributed by atoms with Crippen LogP contribution in [0.4, 0.5) is 5.69 Å². The topological polar surface area (TPSA) is 106 Å². The van der Waals surface area contributed by atoms with Crippen LogP contribution in [0, 0.1) is 6.57 Å². The van der Waals surface area contributed by atoms with E-state index < -0.39 is 17.3 Å². The van der Waals surface area contributed by atoms with Crippen molar-refractivity contribution in [1.29, 1.82) is 0 Å². The molecule has 0 saturated carbocycles. The largest absolute Gasteiger partial charge is 0.494 e. The minimum Gasteiger partial charge on any atom is -0.494 e. The Morgan fingerprint density at radius 1 is 1.08 bits per heavy atom. The van der Waals surface area contributed by atoms with Gasteiger partial charge in [0.05, 0.1) is 36.1 Å². The van der Waals surface area contributed by atoms with Gasteiger partial charge in [0.2, 0.25) is 11.8 Å². The van der Waals surface area contributed by atoms with Crippen LogP contribution in [0.1, 0.15) is 48.2 Å². The van der Waals surface area contributed by atoms with Crippen LogP contribution in [0.15, 0.2) is 60.7 Å². The van der Waals surface area contributed by atoms with Crippen LogP contribution in [-0.4, -0.2) is 38.4 Å². The maximum Gasteiger partial charge on any atom is 0.205 e. The van der Waals surface area contributed by atoms with Crippen LogP contribution in [-0.2, 0) is 15.9 Å². The Bertz CT molecular complexity index is 1650. The predicted molar refractivity (Wildman–Crippen MR) is 140 cm³/mol. The van der Waals surface area contributed by atoms with Crippen LogP contribution in [0.25, 0.3) is 21.3 Å². The number of Topliss-reactive ketones (excluding diaryl/α,β-unsaturated/α-hetero) is 1. The lowest BCUT2D eigenvalue weighted by molar-refractivity contribution is -0.107. The smallest absolute Gasteiger partial charge is 0.205 e. The summed E-state index contributed by atoms with van der Waals surface area (Å²) in [5.74, 6) is 0.182. The van der Waals surface area contributed by atoms with E-state index in [1.54, 1.807) is 43.3 Å². The quantitative estimate of drug-likeness (QED) is 0.235. The third-order valence-corrected chi connectivity index (χ3v) is 7.91. The van der Waals surface area contributed by atoms with E-state index >= 15 is 0 Å². The normalized spacial score (nSPS) is 23.4. The molecule has 8 heteroatoms. The van der Waals surface area contributed by atoms with Crippen LogP contribution in [0.2, 0.25) is 0 Å². The molecular formula is C30H26N2O6. The Morgan fingerprint density at radius 2 is 1.76 bits per heavy atom. The molecule has 8 nitrogen and oxygen atoms in total. The van der Waals surface area contributed by atoms with Gasteiger partial charge in [-0.3, -0.25) is 9.36 Å². The van der Waals surface area contributed by atoms with Gasteiger partial charge in [0.1, 0.15) is 17.0 Å². The third-order valence-electron chi connectivity index (χ3n) is 7.91. The number of nitrogens with zero attached hydrogens (tertiary/aromatic N) is 2. The van der Waals surface area contributed by atoms with E-state index in [2.05, 4.69) is 4.85 Å². The number of aliphatic hydroxyl groups is 1. The average Bonchev–Trinajstić information content (AvgIpc) is 3.44. The van der Waals surface area contributed by atoms with E-state index in [1.807, 2.05) is 24.3 Å². The van der Waals surface area contributed by atoms with Crippen molar-refractivity contribution in [2.75, 3.05) is 6.61 Å². The summed E-state index contributed by atoms with van der Waals surface area (Å²) >= 11 is 0. The Balaban J connectivity index is 1.40. The van der Waals surface area contributed by atoms with Crippen molar-refractivity contribution < 1.29 is 29.6 Å². The summed E-state index contributed by atoms with van der Waals surface area (Å²) in [4.78, 5) is 15.1. The fourth-order valence-corrected chi connectivity index (χ4v) is 6.03. The number of aliphatic hydroxyl groups excluding tert-OH is 1. The molecule has 38 heavy (non-hydrogen) atoms. The summed E-state index contributed by atoms with van der Waals surface area (Å²) in [5, 5.41) is 35.4. The van der Waals surface area contributed by atoms with Crippen molar-refractivity contribution in [1.82, 2.24) is 4.57 Å². The minimum absolute atomic E-state index is 0.0298. The molecule has 2 unspecified atom stereocenters. The van der Waals surface area contributed by atoms with Crippen molar-refractivity contribution in [3.8, 4) is 23.2 Å². The number of ether oxygens (including phenoxy) is 2. The molecule has 1 fully saturated rings. The van der Waals surface area contributed by atoms with Gasteiger partial charge in [0.25, 0.3) is 0 Å². The highest BCUT2D eigenvalue weighted by atomic mass is 16.6. The van der Waals surface area contributed by atoms with Crippen molar-refractivity contribution in [3.05, 3.63) is 88.8 Å². The van der Waals surface area contributed by atoms with Crippen molar-refractivity contribution in [3.63, 3.8) is 0 Å². The first-order chi connectivity index (χ1) is 18.2. The Labute approximate surface area is 219 Å². The van der Waals surface area contributed by atoms with Gasteiger partial charge in [-0.1, -0.05) is 30.3 Å². The Kier molecular flexibility index (Phi) is 5.28. The molecule has 2 aliphatic rings. The number of aromatic nitrogens is 1. The molecule has 1 aromatic heterocycles. The summed E-state index contributed by atoms with van der Waals surface area (Å²) in [6, 6.07) is 17.6. The molecule has 3 aromatic carbocycles. The zero-order valence-electron chi connectivity index (χ0n) is 20.9. The lowest BCUT2D eigenvalue weighted by Crippen LogP contribution is -2.33. The van der Waals surface area contributed by atoms with Crippen molar-refractivity contribution in [2.45, 2.75) is 44.0 Å². The van der Waals surface area contributed by atoms with Gasteiger partial charge in [-0.15, -0.1) is 0 Å². The van der Waals surface area contributed by atoms with Gasteiger partial charge in [-0.25, -0.2) is 4.85 Å². The zero-order valence-corrected chi connectivity index (χ0v) is 20.9. The molecule has 1 saturated heterocycles. The highest BCUT2D eigenvalue weighted by Gasteiger charge is 2.66. The number of benzene rings is 3. The molecule has 3 atom stereocenters. The van der Waals surface area contributed by atoms with Gasteiger partial charge >= 0.3 is 0 Å². The van der Waals surface area contributed by atoms with Crippen LogP contribution in [0.3, 0.4) is 0 Å². The number of ketones is 1. The highest BCUT2D eigenvalue weighted by Crippen LogP contribution is 2.65. The minimum atomic E-state index is -1.21. The standard InChI is InChI=1S/C30H26N2O6/c1-17(33)18-8-10-19(11-9-18)37-15-14-30-16-24(34)29(2,38-30)25-26(30)28(36)32(27(25)35)23-13-12-22(31-3)20-6-4-5-7-21(20)23/h4-13,24,34-36H,14-16H2,1-2H3/t24-,29?,30?/m1/s1. The summed E-state index contributed by atoms with van der Waals surface area (Å²) in [5.41, 5.74) is 0.104. The number of hydrogen-bond acceptors (Lipinski definition) is 6. The van der Waals surface area contributed by atoms with E-state index in [4.69, 9.17) is 16.0 Å². The SMILES string of the molecule is [C-]#[N+]c1ccc(-n2c(O)c3c(c2O)C2(C)OC3(CCOc3ccc(C(C)=O)cc3)C[C@H]2O)c2ccccc12. The number of rotatable bonds is 6. The summed E-state index contributed by atoms with van der Waals surface area (Å²) in [6.45, 7) is 10.9. The second kappa shape index (κ2) is 8.35. The number of aromatic hydroxyl groups is 2. The van der Waals surface area contributed by atoms with Gasteiger partial charge in [-0.05, 0) is 55.0 Å². The fourth-order valence-electron chi connectivity index (χ4n) is 6.03. The van der Waals surface area contributed by atoms with E-state index in [0.717, 1.165) is 0 Å². The average molecular weight is 511 g/mol. The fraction of sp³-hybridized carbons (Fsp3) is 0.267. The second-order valence-electron chi connectivity index (χ2n) is 10.1. The van der Waals surface area contributed by atoms with Crippen LogP contribution in [0.5, 0.6) is 17.5 Å². The van der Waals surface area contributed by atoms with Crippen LogP contribution >= 0.6 is 0 Å². The monoisotopic (exact) mass is 510 g/mol. The molecule has 0 radical (unpaired) electrons. The first kappa shape index (κ1) is 24.0. The van der Waals surface area contributed by atoms with Gasteiger partial charge in [0, 0.05) is 18.4 Å².